The summed E-state index contributed by atoms with van der Waals surface area (Å²) in [6.45, 7) is 2.34. The van der Waals surface area contributed by atoms with Crippen LogP contribution in [0.4, 0.5) is 0 Å². The maximum atomic E-state index is 13.6. The first kappa shape index (κ1) is 24.9. The molecule has 1 N–H and O–H groups in total. The molecular formula is C30H26ClN5OS. The molecule has 1 aromatic carbocycles. The molecule has 3 aromatic heterocycles. The first-order chi connectivity index (χ1) is 18.6. The lowest BCUT2D eigenvalue weighted by Gasteiger charge is -2.12. The summed E-state index contributed by atoms with van der Waals surface area (Å²) in [7, 11) is 0. The topological polar surface area (TPSA) is 72.7 Å². The number of halogens is 1. The van der Waals surface area contributed by atoms with Crippen LogP contribution in [0.15, 0.2) is 81.5 Å². The maximum Gasteiger partial charge on any atom is 0.268 e. The zero-order valence-electron chi connectivity index (χ0n) is 20.8. The fourth-order valence-electron chi connectivity index (χ4n) is 4.91. The summed E-state index contributed by atoms with van der Waals surface area (Å²) in [5.74, 6) is 6.86. The van der Waals surface area contributed by atoms with Crippen LogP contribution in [0, 0.1) is 11.8 Å². The molecule has 4 aromatic rings. The van der Waals surface area contributed by atoms with Gasteiger partial charge in [0.1, 0.15) is 5.65 Å². The molecule has 190 valence electrons. The minimum Gasteiger partial charge on any atom is -0.316 e. The highest BCUT2D eigenvalue weighted by Crippen LogP contribution is 2.29. The Morgan fingerprint density at radius 1 is 1.16 bits per heavy atom. The molecule has 1 fully saturated rings. The minimum absolute atomic E-state index is 0.201. The van der Waals surface area contributed by atoms with Gasteiger partial charge < -0.3 is 5.32 Å². The van der Waals surface area contributed by atoms with Crippen molar-refractivity contribution in [3.05, 3.63) is 98.7 Å². The number of pyridine rings is 2. The Morgan fingerprint density at radius 2 is 2.05 bits per heavy atom. The van der Waals surface area contributed by atoms with E-state index >= 15 is 0 Å². The molecule has 6 rings (SSSR count). The van der Waals surface area contributed by atoms with Crippen LogP contribution in [0.2, 0.25) is 5.02 Å². The Kier molecular flexibility index (Phi) is 7.28. The smallest absolute Gasteiger partial charge is 0.268 e. The molecule has 0 radical (unpaired) electrons. The van der Waals surface area contributed by atoms with E-state index in [1.807, 2.05) is 0 Å². The number of benzene rings is 1. The van der Waals surface area contributed by atoms with Gasteiger partial charge in [-0.15, -0.1) is 0 Å². The fraction of sp³-hybridized carbons (Fsp3) is 0.267. The van der Waals surface area contributed by atoms with E-state index < -0.39 is 0 Å². The number of allylic oxidation sites excluding steroid dienone is 2. The van der Waals surface area contributed by atoms with E-state index in [0.717, 1.165) is 53.8 Å². The summed E-state index contributed by atoms with van der Waals surface area (Å²) >= 11 is 7.91. The third kappa shape index (κ3) is 5.39. The van der Waals surface area contributed by atoms with E-state index in [4.69, 9.17) is 16.6 Å². The molecule has 0 spiro atoms. The van der Waals surface area contributed by atoms with Gasteiger partial charge in [-0.3, -0.25) is 14.3 Å². The largest absolute Gasteiger partial charge is 0.316 e. The average molecular weight is 540 g/mol. The standard InChI is InChI=1S/C30H26ClN5OS/c31-27-12-14-33-17-25(27)19-36-28-24(15-22(29(36)37)6-5-20-3-1-2-4-20)18-34-30(35-28)38-26-9-7-21(8-10-26)23-11-13-32-16-23/h3,7-10,12,14-15,17-18,23,32H,1-2,4,11,13,16,19H2. The van der Waals surface area contributed by atoms with E-state index in [1.54, 1.807) is 35.3 Å². The Bertz CT molecular complexity index is 1650. The lowest BCUT2D eigenvalue weighted by Crippen LogP contribution is -2.24. The molecular weight excluding hydrogens is 514 g/mol. The molecule has 2 aliphatic rings. The van der Waals surface area contributed by atoms with Gasteiger partial charge in [-0.25, -0.2) is 9.97 Å². The van der Waals surface area contributed by atoms with Crippen molar-refractivity contribution in [3.63, 3.8) is 0 Å². The molecule has 4 heterocycles. The van der Waals surface area contributed by atoms with Crippen molar-refractivity contribution in [2.45, 2.75) is 48.2 Å². The number of nitrogens with one attached hydrogen (secondary N) is 1. The van der Waals surface area contributed by atoms with Crippen LogP contribution in [0.1, 0.15) is 48.3 Å². The van der Waals surface area contributed by atoms with Crippen molar-refractivity contribution in [1.82, 2.24) is 24.8 Å². The summed E-state index contributed by atoms with van der Waals surface area (Å²) in [6.07, 6.45) is 11.5. The lowest BCUT2D eigenvalue weighted by molar-refractivity contribution is 0.762. The zero-order valence-corrected chi connectivity index (χ0v) is 22.4. The number of aromatic nitrogens is 4. The second kappa shape index (κ2) is 11.1. The molecule has 1 aliphatic carbocycles. The third-order valence-electron chi connectivity index (χ3n) is 7.00. The highest BCUT2D eigenvalue weighted by atomic mass is 35.5. The lowest BCUT2D eigenvalue weighted by atomic mass is 9.99. The summed E-state index contributed by atoms with van der Waals surface area (Å²) < 4.78 is 1.63. The second-order valence-corrected chi connectivity index (χ2v) is 11.0. The van der Waals surface area contributed by atoms with Gasteiger partial charge in [-0.1, -0.05) is 41.7 Å². The summed E-state index contributed by atoms with van der Waals surface area (Å²) in [5, 5.41) is 5.30. The molecule has 8 heteroatoms. The van der Waals surface area contributed by atoms with Gasteiger partial charge in [0.05, 0.1) is 12.1 Å². The molecule has 1 unspecified atom stereocenters. The van der Waals surface area contributed by atoms with Gasteiger partial charge in [-0.05, 0) is 85.3 Å². The van der Waals surface area contributed by atoms with Crippen LogP contribution in [-0.2, 0) is 6.54 Å². The zero-order chi connectivity index (χ0) is 25.9. The summed E-state index contributed by atoms with van der Waals surface area (Å²) in [5.41, 5.74) is 3.95. The Morgan fingerprint density at radius 3 is 2.82 bits per heavy atom. The minimum atomic E-state index is -0.201. The monoisotopic (exact) mass is 539 g/mol. The first-order valence-electron chi connectivity index (χ1n) is 12.8. The highest BCUT2D eigenvalue weighted by molar-refractivity contribution is 7.99. The van der Waals surface area contributed by atoms with Crippen LogP contribution in [-0.4, -0.2) is 32.6 Å². The van der Waals surface area contributed by atoms with E-state index in [0.29, 0.717) is 27.3 Å². The normalized spacial score (nSPS) is 16.9. The van der Waals surface area contributed by atoms with Crippen molar-refractivity contribution in [2.24, 2.45) is 0 Å². The average Bonchev–Trinajstić information content (AvgIpc) is 3.66. The Hall–Kier alpha value is -3.44. The number of hydrogen-bond donors (Lipinski definition) is 1. The molecule has 1 saturated heterocycles. The Balaban J connectivity index is 1.37. The maximum absolute atomic E-state index is 13.6. The predicted molar refractivity (Wildman–Crippen MR) is 152 cm³/mol. The third-order valence-corrected chi connectivity index (χ3v) is 8.25. The molecule has 0 bridgehead atoms. The van der Waals surface area contributed by atoms with E-state index in [1.165, 1.54) is 23.7 Å². The quantitative estimate of drug-likeness (QED) is 0.264. The SMILES string of the molecule is O=c1c(C#CC2=CCCC2)cc2cnc(Sc3ccc(C4CCNC4)cc3)nc2n1Cc1cnccc1Cl. The van der Waals surface area contributed by atoms with Crippen molar-refractivity contribution in [3.8, 4) is 11.8 Å². The van der Waals surface area contributed by atoms with Crippen molar-refractivity contribution in [1.29, 1.82) is 0 Å². The Labute approximate surface area is 230 Å². The van der Waals surface area contributed by atoms with Gasteiger partial charge >= 0.3 is 0 Å². The van der Waals surface area contributed by atoms with E-state index in [2.05, 4.69) is 57.5 Å². The number of hydrogen-bond acceptors (Lipinski definition) is 6. The van der Waals surface area contributed by atoms with Gasteiger partial charge in [0.15, 0.2) is 5.16 Å². The van der Waals surface area contributed by atoms with Gasteiger partial charge in [-0.2, -0.15) is 0 Å². The van der Waals surface area contributed by atoms with E-state index in [-0.39, 0.29) is 12.1 Å². The van der Waals surface area contributed by atoms with Crippen LogP contribution in [0.25, 0.3) is 11.0 Å². The van der Waals surface area contributed by atoms with Crippen LogP contribution < -0.4 is 10.9 Å². The van der Waals surface area contributed by atoms with Crippen molar-refractivity contribution >= 4 is 34.4 Å². The fourth-order valence-corrected chi connectivity index (χ4v) is 5.80. The predicted octanol–water partition coefficient (Wildman–Crippen LogP) is 5.58. The van der Waals surface area contributed by atoms with Gasteiger partial charge in [0.2, 0.25) is 0 Å². The summed E-state index contributed by atoms with van der Waals surface area (Å²) in [4.78, 5) is 28.3. The molecule has 1 atom stereocenters. The highest BCUT2D eigenvalue weighted by Gasteiger charge is 2.17. The van der Waals surface area contributed by atoms with Crippen molar-refractivity contribution < 1.29 is 0 Å². The van der Waals surface area contributed by atoms with Gasteiger partial charge in [0.25, 0.3) is 5.56 Å². The molecule has 1 aliphatic heterocycles. The number of rotatable bonds is 5. The van der Waals surface area contributed by atoms with Gasteiger partial charge in [0, 0.05) is 46.0 Å². The molecule has 6 nitrogen and oxygen atoms in total. The number of fused-ring (bicyclic) bond motifs is 1. The number of nitrogens with zero attached hydrogens (tertiary/aromatic N) is 4. The van der Waals surface area contributed by atoms with Crippen LogP contribution in [0.3, 0.4) is 0 Å². The van der Waals surface area contributed by atoms with Crippen LogP contribution >= 0.6 is 23.4 Å². The second-order valence-electron chi connectivity index (χ2n) is 9.58. The van der Waals surface area contributed by atoms with Crippen LogP contribution in [0.5, 0.6) is 0 Å². The summed E-state index contributed by atoms with van der Waals surface area (Å²) in [6, 6.07) is 12.1. The molecule has 0 amide bonds. The molecule has 38 heavy (non-hydrogen) atoms. The van der Waals surface area contributed by atoms with Crippen molar-refractivity contribution in [2.75, 3.05) is 13.1 Å². The molecule has 0 saturated carbocycles. The first-order valence-corrected chi connectivity index (χ1v) is 14.0. The van der Waals surface area contributed by atoms with E-state index in [9.17, 15) is 4.79 Å².